The van der Waals surface area contributed by atoms with E-state index < -0.39 is 23.6 Å². The van der Waals surface area contributed by atoms with Crippen molar-refractivity contribution in [2.45, 2.75) is 6.18 Å². The van der Waals surface area contributed by atoms with Gasteiger partial charge in [-0.25, -0.2) is 4.98 Å². The Morgan fingerprint density at radius 3 is 2.62 bits per heavy atom. The molecule has 0 saturated carbocycles. The molecule has 2 rings (SSSR count). The molecule has 0 aliphatic rings. The number of rotatable bonds is 9. The Labute approximate surface area is 163 Å². The number of ether oxygens (including phenoxy) is 2. The Hall–Kier alpha value is -3.41. The van der Waals surface area contributed by atoms with Crippen molar-refractivity contribution in [3.63, 3.8) is 0 Å². The Morgan fingerprint density at radius 1 is 1.28 bits per heavy atom. The maximum Gasteiger partial charge on any atom is 0.422 e. The number of pyridine rings is 1. The summed E-state index contributed by atoms with van der Waals surface area (Å²) in [7, 11) is 1.49. The van der Waals surface area contributed by atoms with Gasteiger partial charge in [-0.05, 0) is 18.2 Å². The number of carbonyl (C=O) groups is 1. The van der Waals surface area contributed by atoms with Gasteiger partial charge in [0.2, 0.25) is 5.88 Å². The lowest BCUT2D eigenvalue weighted by Crippen LogP contribution is -2.19. The molecule has 1 heterocycles. The van der Waals surface area contributed by atoms with Crippen molar-refractivity contribution in [1.82, 2.24) is 4.98 Å². The SMILES string of the molecule is COCCNc1ccc(C(=O)Nc2ccc(OCC(F)(F)F)nc2)cc1[N+](=O)[O-]. The van der Waals surface area contributed by atoms with E-state index in [1.165, 1.54) is 25.3 Å². The number of alkyl halides is 3. The largest absolute Gasteiger partial charge is 0.468 e. The van der Waals surface area contributed by atoms with E-state index in [0.29, 0.717) is 13.2 Å². The monoisotopic (exact) mass is 414 g/mol. The van der Waals surface area contributed by atoms with Crippen molar-refractivity contribution >= 4 is 23.0 Å². The van der Waals surface area contributed by atoms with Gasteiger partial charge in [0.1, 0.15) is 5.69 Å². The molecule has 29 heavy (non-hydrogen) atoms. The van der Waals surface area contributed by atoms with E-state index in [0.717, 1.165) is 18.3 Å². The number of nitro groups is 1. The van der Waals surface area contributed by atoms with Crippen LogP contribution in [-0.2, 0) is 4.74 Å². The summed E-state index contributed by atoms with van der Waals surface area (Å²) in [5.74, 6) is -0.912. The van der Waals surface area contributed by atoms with Gasteiger partial charge in [0.15, 0.2) is 6.61 Å². The van der Waals surface area contributed by atoms with Crippen LogP contribution in [0.4, 0.5) is 30.2 Å². The van der Waals surface area contributed by atoms with E-state index in [1.807, 2.05) is 0 Å². The molecule has 0 unspecified atom stereocenters. The number of halogens is 3. The molecule has 156 valence electrons. The summed E-state index contributed by atoms with van der Waals surface area (Å²) >= 11 is 0. The highest BCUT2D eigenvalue weighted by Crippen LogP contribution is 2.26. The molecule has 0 atom stereocenters. The summed E-state index contributed by atoms with van der Waals surface area (Å²) in [6, 6.07) is 6.36. The zero-order valence-electron chi connectivity index (χ0n) is 15.2. The number of nitrogens with zero attached hydrogens (tertiary/aromatic N) is 2. The molecule has 1 aromatic carbocycles. The van der Waals surface area contributed by atoms with Crippen LogP contribution in [-0.4, -0.2) is 48.9 Å². The molecule has 0 aliphatic heterocycles. The highest BCUT2D eigenvalue weighted by Gasteiger charge is 2.28. The minimum absolute atomic E-state index is 0.0198. The van der Waals surface area contributed by atoms with Crippen LogP contribution in [0.3, 0.4) is 0 Å². The van der Waals surface area contributed by atoms with Crippen LogP contribution in [0, 0.1) is 10.1 Å². The molecule has 0 bridgehead atoms. The smallest absolute Gasteiger partial charge is 0.422 e. The van der Waals surface area contributed by atoms with Crippen LogP contribution >= 0.6 is 0 Å². The van der Waals surface area contributed by atoms with Crippen molar-refractivity contribution in [1.29, 1.82) is 0 Å². The predicted octanol–water partition coefficient (Wildman–Crippen LogP) is 3.24. The molecule has 2 N–H and O–H groups in total. The highest BCUT2D eigenvalue weighted by atomic mass is 19.4. The third-order valence-electron chi connectivity index (χ3n) is 3.46. The zero-order valence-corrected chi connectivity index (χ0v) is 15.2. The van der Waals surface area contributed by atoms with Gasteiger partial charge in [0, 0.05) is 31.4 Å². The van der Waals surface area contributed by atoms with Crippen LogP contribution in [0.5, 0.6) is 5.88 Å². The van der Waals surface area contributed by atoms with Gasteiger partial charge < -0.3 is 20.1 Å². The number of hydrogen-bond donors (Lipinski definition) is 2. The number of nitrogens with one attached hydrogen (secondary N) is 2. The van der Waals surface area contributed by atoms with Gasteiger partial charge in [-0.3, -0.25) is 14.9 Å². The Balaban J connectivity index is 2.06. The van der Waals surface area contributed by atoms with Crippen LogP contribution in [0.15, 0.2) is 36.5 Å². The molecule has 0 aliphatic carbocycles. The minimum atomic E-state index is -4.49. The summed E-state index contributed by atoms with van der Waals surface area (Å²) in [4.78, 5) is 26.6. The van der Waals surface area contributed by atoms with E-state index in [-0.39, 0.29) is 28.5 Å². The van der Waals surface area contributed by atoms with Crippen molar-refractivity contribution in [2.24, 2.45) is 0 Å². The Bertz CT molecular complexity index is 859. The third kappa shape index (κ3) is 6.92. The standard InChI is InChI=1S/C17H17F3N4O5/c1-28-7-6-21-13-4-2-11(8-14(13)24(26)27)16(25)23-12-3-5-15(22-9-12)29-10-17(18,19)20/h2-5,8-9,21H,6-7,10H2,1H3,(H,23,25). The van der Waals surface area contributed by atoms with Crippen molar-refractivity contribution in [3.05, 3.63) is 52.2 Å². The van der Waals surface area contributed by atoms with Gasteiger partial charge in [-0.15, -0.1) is 0 Å². The fourth-order valence-corrected chi connectivity index (χ4v) is 2.16. The topological polar surface area (TPSA) is 116 Å². The highest BCUT2D eigenvalue weighted by molar-refractivity contribution is 6.05. The van der Waals surface area contributed by atoms with E-state index in [1.54, 1.807) is 0 Å². The molecular weight excluding hydrogens is 397 g/mol. The van der Waals surface area contributed by atoms with E-state index >= 15 is 0 Å². The van der Waals surface area contributed by atoms with Crippen LogP contribution in [0.25, 0.3) is 0 Å². The van der Waals surface area contributed by atoms with Gasteiger partial charge in [0.05, 0.1) is 23.4 Å². The number of nitro benzene ring substituents is 1. The lowest BCUT2D eigenvalue weighted by molar-refractivity contribution is -0.384. The number of hydrogen-bond acceptors (Lipinski definition) is 7. The van der Waals surface area contributed by atoms with Gasteiger partial charge in [-0.1, -0.05) is 0 Å². The summed E-state index contributed by atoms with van der Waals surface area (Å²) < 4.78 is 45.7. The molecule has 2 aromatic rings. The maximum atomic E-state index is 12.3. The number of aromatic nitrogens is 1. The average molecular weight is 414 g/mol. The van der Waals surface area contributed by atoms with Crippen molar-refractivity contribution in [3.8, 4) is 5.88 Å². The third-order valence-corrected chi connectivity index (χ3v) is 3.46. The summed E-state index contributed by atoms with van der Waals surface area (Å²) in [5.41, 5.74) is 0.143. The molecule has 0 saturated heterocycles. The van der Waals surface area contributed by atoms with Gasteiger partial charge in [-0.2, -0.15) is 13.2 Å². The normalized spacial score (nSPS) is 11.0. The average Bonchev–Trinajstić information content (AvgIpc) is 2.67. The summed E-state index contributed by atoms with van der Waals surface area (Å²) in [5, 5.41) is 16.5. The van der Waals surface area contributed by atoms with E-state index in [2.05, 4.69) is 20.4 Å². The second-order valence-corrected chi connectivity index (χ2v) is 5.65. The molecule has 12 heteroatoms. The minimum Gasteiger partial charge on any atom is -0.468 e. The zero-order chi connectivity index (χ0) is 21.4. The first kappa shape index (κ1) is 21.9. The second kappa shape index (κ2) is 9.68. The summed E-state index contributed by atoms with van der Waals surface area (Å²) in [6.07, 6.45) is -3.38. The fourth-order valence-electron chi connectivity index (χ4n) is 2.16. The number of benzene rings is 1. The quantitative estimate of drug-likeness (QED) is 0.368. The number of amides is 1. The first-order chi connectivity index (χ1) is 13.7. The predicted molar refractivity (Wildman–Crippen MR) is 97.2 cm³/mol. The van der Waals surface area contributed by atoms with E-state index in [4.69, 9.17) is 4.74 Å². The van der Waals surface area contributed by atoms with Crippen LogP contribution in [0.1, 0.15) is 10.4 Å². The maximum absolute atomic E-state index is 12.3. The number of methoxy groups -OCH3 is 1. The van der Waals surface area contributed by atoms with Gasteiger partial charge >= 0.3 is 6.18 Å². The molecule has 0 fully saturated rings. The lowest BCUT2D eigenvalue weighted by atomic mass is 10.1. The molecule has 0 spiro atoms. The second-order valence-electron chi connectivity index (χ2n) is 5.65. The Kier molecular flexibility index (Phi) is 7.31. The summed E-state index contributed by atoms with van der Waals surface area (Å²) in [6.45, 7) is -0.799. The van der Waals surface area contributed by atoms with Crippen LogP contribution < -0.4 is 15.4 Å². The first-order valence-electron chi connectivity index (χ1n) is 8.18. The number of carbonyl (C=O) groups excluding carboxylic acids is 1. The number of anilines is 2. The molecule has 1 amide bonds. The fraction of sp³-hybridized carbons (Fsp3) is 0.294. The van der Waals surface area contributed by atoms with Crippen molar-refractivity contribution < 1.29 is 32.4 Å². The van der Waals surface area contributed by atoms with Gasteiger partial charge in [0.25, 0.3) is 11.6 Å². The molecule has 9 nitrogen and oxygen atoms in total. The first-order valence-corrected chi connectivity index (χ1v) is 8.18. The molecular formula is C17H17F3N4O5. The van der Waals surface area contributed by atoms with Crippen molar-refractivity contribution in [2.75, 3.05) is 37.5 Å². The van der Waals surface area contributed by atoms with E-state index in [9.17, 15) is 28.1 Å². The molecule has 0 radical (unpaired) electrons. The Morgan fingerprint density at radius 2 is 2.03 bits per heavy atom. The van der Waals surface area contributed by atoms with Crippen LogP contribution in [0.2, 0.25) is 0 Å². The molecule has 1 aromatic heterocycles. The lowest BCUT2D eigenvalue weighted by Gasteiger charge is -2.10.